The highest BCUT2D eigenvalue weighted by Crippen LogP contribution is 1.94. The maximum Gasteiger partial charge on any atom is 0 e. The highest BCUT2D eigenvalue weighted by Gasteiger charge is 1.98. The molecule has 76 valence electrons. The zero-order valence-electron chi connectivity index (χ0n) is 8.45. The summed E-state index contributed by atoms with van der Waals surface area (Å²) in [5.74, 6) is 0. The molecule has 0 rings (SSSR count). The molecule has 0 heterocycles. The predicted octanol–water partition coefficient (Wildman–Crippen LogP) is 4.21. The van der Waals surface area contributed by atoms with Gasteiger partial charge in [-0.25, -0.2) is 0 Å². The Bertz CT molecular complexity index is 55.3. The van der Waals surface area contributed by atoms with Crippen molar-refractivity contribution in [2.75, 3.05) is 19.6 Å². The van der Waals surface area contributed by atoms with Crippen molar-refractivity contribution in [1.29, 1.82) is 0 Å². The fourth-order valence-electron chi connectivity index (χ4n) is 1.28. The summed E-state index contributed by atoms with van der Waals surface area (Å²) in [6.45, 7) is 10.6. The molecule has 0 aliphatic rings. The molecule has 0 atom stereocenters. The molecule has 0 N–H and O–H groups in total. The largest absolute Gasteiger partial charge is 0.303 e. The molecule has 0 saturated heterocycles. The first kappa shape index (κ1) is 15.4. The third-order valence-electron chi connectivity index (χ3n) is 1.62. The molecule has 0 amide bonds. The van der Waals surface area contributed by atoms with Gasteiger partial charge in [0.2, 0.25) is 0 Å². The average Bonchev–Trinajstić information content (AvgIpc) is 2.10. The molecule has 0 saturated carbocycles. The maximum absolute atomic E-state index is 2.75. The lowest BCUT2D eigenvalue weighted by Crippen LogP contribution is -2.25. The molecule has 0 radical (unpaired) electrons. The van der Waals surface area contributed by atoms with Gasteiger partial charge in [0.05, 0.1) is 0 Å². The smallest absolute Gasteiger partial charge is 0 e. The van der Waals surface area contributed by atoms with Crippen LogP contribution in [-0.4, -0.2) is 24.5 Å². The molecule has 0 aromatic carbocycles. The van der Waals surface area contributed by atoms with Crippen molar-refractivity contribution in [3.8, 4) is 0 Å². The minimum absolute atomic E-state index is 1.28. The summed E-state index contributed by atoms with van der Waals surface area (Å²) < 4.78 is 0. The second kappa shape index (κ2) is 14.4. The summed E-state index contributed by atoms with van der Waals surface area (Å²) in [6.07, 6.45) is 3.88. The molecule has 0 spiro atoms. The first-order valence-corrected chi connectivity index (χ1v) is 8.43. The summed E-state index contributed by atoms with van der Waals surface area (Å²) in [6, 6.07) is 0. The highest BCUT2D eigenvalue weighted by molar-refractivity contribution is 9.93. The van der Waals surface area contributed by atoms with Crippen LogP contribution in [0.15, 0.2) is 0 Å². The SMILES string of the molecule is BrBr.CCCN(CCC)CCC. The third-order valence-corrected chi connectivity index (χ3v) is 1.62. The van der Waals surface area contributed by atoms with E-state index in [2.05, 4.69) is 53.9 Å². The summed E-state index contributed by atoms with van der Waals surface area (Å²) in [5.41, 5.74) is 0. The Labute approximate surface area is 92.7 Å². The number of rotatable bonds is 6. The zero-order chi connectivity index (χ0) is 9.82. The third kappa shape index (κ3) is 10.9. The van der Waals surface area contributed by atoms with Crippen LogP contribution in [0, 0.1) is 0 Å². The van der Waals surface area contributed by atoms with Crippen LogP contribution < -0.4 is 0 Å². The second-order valence-electron chi connectivity index (χ2n) is 2.84. The molecule has 0 unspecified atom stereocenters. The van der Waals surface area contributed by atoms with E-state index in [4.69, 9.17) is 0 Å². The lowest BCUT2D eigenvalue weighted by Gasteiger charge is -2.19. The van der Waals surface area contributed by atoms with Crippen molar-refractivity contribution in [2.24, 2.45) is 0 Å². The van der Waals surface area contributed by atoms with Gasteiger partial charge in [-0.05, 0) is 38.9 Å². The summed E-state index contributed by atoms with van der Waals surface area (Å²) >= 11 is 5.50. The van der Waals surface area contributed by atoms with Crippen molar-refractivity contribution in [3.05, 3.63) is 0 Å². The molecule has 0 aliphatic heterocycles. The number of nitrogens with zero attached hydrogens (tertiary/aromatic N) is 1. The molecule has 0 aromatic heterocycles. The molecule has 0 bridgehead atoms. The highest BCUT2D eigenvalue weighted by atomic mass is 80.9. The summed E-state index contributed by atoms with van der Waals surface area (Å²) in [7, 11) is 0. The second-order valence-corrected chi connectivity index (χ2v) is 2.84. The Hall–Kier alpha value is 0.920. The molecule has 0 fully saturated rings. The first-order chi connectivity index (χ1) is 5.85. The monoisotopic (exact) mass is 301 g/mol. The van der Waals surface area contributed by atoms with Crippen LogP contribution >= 0.6 is 28.3 Å². The van der Waals surface area contributed by atoms with Gasteiger partial charge in [-0.1, -0.05) is 20.8 Å². The molecular formula is C9H21Br2N. The number of hydrogen-bond acceptors (Lipinski definition) is 1. The molecule has 12 heavy (non-hydrogen) atoms. The van der Waals surface area contributed by atoms with Crippen molar-refractivity contribution in [1.82, 2.24) is 4.90 Å². The Balaban J connectivity index is 0. The quantitative estimate of drug-likeness (QED) is 0.710. The van der Waals surface area contributed by atoms with Gasteiger partial charge in [-0.3, -0.25) is 0 Å². The van der Waals surface area contributed by atoms with Crippen LogP contribution in [0.2, 0.25) is 0 Å². The number of hydrogen-bond donors (Lipinski definition) is 0. The van der Waals surface area contributed by atoms with Gasteiger partial charge in [0.25, 0.3) is 0 Å². The fourth-order valence-corrected chi connectivity index (χ4v) is 1.28. The Morgan fingerprint density at radius 3 is 1.17 bits per heavy atom. The molecule has 0 aliphatic carbocycles. The van der Waals surface area contributed by atoms with E-state index in [1.54, 1.807) is 0 Å². The molecule has 3 heteroatoms. The van der Waals surface area contributed by atoms with E-state index in [0.29, 0.717) is 0 Å². The Kier molecular flexibility index (Phi) is 18.5. The van der Waals surface area contributed by atoms with Crippen LogP contribution in [0.1, 0.15) is 40.0 Å². The van der Waals surface area contributed by atoms with Crippen molar-refractivity contribution in [2.45, 2.75) is 40.0 Å². The van der Waals surface area contributed by atoms with E-state index >= 15 is 0 Å². The predicted molar refractivity (Wildman–Crippen MR) is 65.2 cm³/mol. The van der Waals surface area contributed by atoms with Crippen LogP contribution in [0.4, 0.5) is 0 Å². The maximum atomic E-state index is 2.75. The Morgan fingerprint density at radius 1 is 0.750 bits per heavy atom. The topological polar surface area (TPSA) is 3.24 Å². The van der Waals surface area contributed by atoms with Crippen LogP contribution in [0.25, 0.3) is 0 Å². The zero-order valence-corrected chi connectivity index (χ0v) is 11.6. The Morgan fingerprint density at radius 2 is 1.00 bits per heavy atom. The van der Waals surface area contributed by atoms with E-state index in [1.807, 2.05) is 0 Å². The van der Waals surface area contributed by atoms with Gasteiger partial charge in [0.1, 0.15) is 0 Å². The lowest BCUT2D eigenvalue weighted by atomic mass is 10.3. The average molecular weight is 303 g/mol. The normalized spacial score (nSPS) is 9.50. The lowest BCUT2D eigenvalue weighted by molar-refractivity contribution is 0.275. The van der Waals surface area contributed by atoms with Gasteiger partial charge in [-0.15, -0.1) is 0 Å². The standard InChI is InChI=1S/C9H21N.Br2/c1-4-7-10(8-5-2)9-6-3;1-2/h4-9H2,1-3H3;. The van der Waals surface area contributed by atoms with Crippen molar-refractivity contribution >= 4 is 28.3 Å². The minimum Gasteiger partial charge on any atom is -0.303 e. The number of halogens is 2. The minimum atomic E-state index is 1.28. The van der Waals surface area contributed by atoms with Crippen LogP contribution in [0.3, 0.4) is 0 Å². The van der Waals surface area contributed by atoms with Gasteiger partial charge in [0.15, 0.2) is 0 Å². The summed E-state index contributed by atoms with van der Waals surface area (Å²) in [5, 5.41) is 0. The van der Waals surface area contributed by atoms with Gasteiger partial charge >= 0.3 is 0 Å². The van der Waals surface area contributed by atoms with E-state index < -0.39 is 0 Å². The van der Waals surface area contributed by atoms with Crippen LogP contribution in [-0.2, 0) is 0 Å². The van der Waals surface area contributed by atoms with Gasteiger partial charge in [0, 0.05) is 28.3 Å². The van der Waals surface area contributed by atoms with Crippen LogP contribution in [0.5, 0.6) is 0 Å². The van der Waals surface area contributed by atoms with E-state index in [1.165, 1.54) is 38.9 Å². The fraction of sp³-hybridized carbons (Fsp3) is 1.00. The summed E-state index contributed by atoms with van der Waals surface area (Å²) in [4.78, 5) is 2.54. The first-order valence-electron chi connectivity index (χ1n) is 4.71. The van der Waals surface area contributed by atoms with E-state index in [-0.39, 0.29) is 0 Å². The molecular weight excluding hydrogens is 282 g/mol. The van der Waals surface area contributed by atoms with Crippen molar-refractivity contribution < 1.29 is 0 Å². The van der Waals surface area contributed by atoms with Crippen molar-refractivity contribution in [3.63, 3.8) is 0 Å². The van der Waals surface area contributed by atoms with Gasteiger partial charge in [-0.2, -0.15) is 0 Å². The van der Waals surface area contributed by atoms with E-state index in [0.717, 1.165) is 0 Å². The van der Waals surface area contributed by atoms with E-state index in [9.17, 15) is 0 Å². The molecule has 1 nitrogen and oxygen atoms in total. The molecule has 0 aromatic rings. The van der Waals surface area contributed by atoms with Gasteiger partial charge < -0.3 is 4.90 Å².